The first-order valence-corrected chi connectivity index (χ1v) is 2.86. The summed E-state index contributed by atoms with van der Waals surface area (Å²) in [6.45, 7) is 4.86. The molecule has 50 valence electrons. The predicted molar refractivity (Wildman–Crippen MR) is 39.6 cm³/mol. The van der Waals surface area contributed by atoms with Gasteiger partial charge in [-0.25, -0.2) is 0 Å². The molecule has 0 unspecified atom stereocenters. The maximum Gasteiger partial charge on any atom is 0.0760 e. The first kappa shape index (κ1) is 8.06. The molecule has 0 fully saturated rings. The highest BCUT2D eigenvalue weighted by Crippen LogP contribution is 1.86. The molecule has 0 atom stereocenters. The summed E-state index contributed by atoms with van der Waals surface area (Å²) in [6, 6.07) is 0. The average Bonchev–Trinajstić information content (AvgIpc) is 1.85. The van der Waals surface area contributed by atoms with Crippen molar-refractivity contribution in [2.45, 2.75) is 6.42 Å². The van der Waals surface area contributed by atoms with Gasteiger partial charge in [-0.3, -0.25) is 0 Å². The molecule has 0 saturated heterocycles. The van der Waals surface area contributed by atoms with Crippen LogP contribution in [0.25, 0.3) is 0 Å². The molecule has 0 aliphatic heterocycles. The van der Waals surface area contributed by atoms with Crippen LogP contribution < -0.4 is 11.1 Å². The van der Waals surface area contributed by atoms with Gasteiger partial charge in [0.15, 0.2) is 0 Å². The van der Waals surface area contributed by atoms with E-state index in [0.717, 1.165) is 12.1 Å². The Bertz CT molecular complexity index is 121. The fourth-order valence-electron chi connectivity index (χ4n) is 0.439. The molecule has 9 heavy (non-hydrogen) atoms. The lowest BCUT2D eigenvalue weighted by Crippen LogP contribution is -2.15. The van der Waals surface area contributed by atoms with Crippen molar-refractivity contribution < 1.29 is 0 Å². The zero-order valence-electron chi connectivity index (χ0n) is 5.48. The standard InChI is InChI=1S/C7H12N2/c1-3-6-9-7(2)4-5-8/h1,9H,2,4-6,8H2. The molecule has 0 rings (SSSR count). The van der Waals surface area contributed by atoms with E-state index in [1.54, 1.807) is 0 Å². The maximum atomic E-state index is 5.25. The lowest BCUT2D eigenvalue weighted by atomic mass is 10.3. The van der Waals surface area contributed by atoms with Crippen molar-refractivity contribution in [1.82, 2.24) is 5.32 Å². The Morgan fingerprint density at radius 3 is 2.89 bits per heavy atom. The Balaban J connectivity index is 3.19. The van der Waals surface area contributed by atoms with Crippen molar-refractivity contribution >= 4 is 0 Å². The van der Waals surface area contributed by atoms with Gasteiger partial charge in [0.25, 0.3) is 0 Å². The summed E-state index contributed by atoms with van der Waals surface area (Å²) < 4.78 is 0. The summed E-state index contributed by atoms with van der Waals surface area (Å²) >= 11 is 0. The van der Waals surface area contributed by atoms with E-state index in [2.05, 4.69) is 17.8 Å². The SMILES string of the molecule is C#CCNC(=C)CCN. The van der Waals surface area contributed by atoms with Crippen LogP contribution in [0.5, 0.6) is 0 Å². The number of nitrogens with one attached hydrogen (secondary N) is 1. The van der Waals surface area contributed by atoms with Crippen LogP contribution >= 0.6 is 0 Å². The lowest BCUT2D eigenvalue weighted by molar-refractivity contribution is 0.819. The molecule has 0 aliphatic rings. The zero-order valence-corrected chi connectivity index (χ0v) is 5.48. The largest absolute Gasteiger partial charge is 0.378 e. The van der Waals surface area contributed by atoms with Crippen molar-refractivity contribution in [2.24, 2.45) is 5.73 Å². The minimum atomic E-state index is 0.541. The van der Waals surface area contributed by atoms with Crippen LogP contribution in [0, 0.1) is 12.3 Å². The summed E-state index contributed by atoms with van der Waals surface area (Å²) in [4.78, 5) is 0. The van der Waals surface area contributed by atoms with E-state index in [4.69, 9.17) is 12.2 Å². The van der Waals surface area contributed by atoms with Gasteiger partial charge < -0.3 is 11.1 Å². The topological polar surface area (TPSA) is 38.0 Å². The molecular formula is C7H12N2. The molecule has 2 heteroatoms. The number of rotatable bonds is 4. The molecule has 0 saturated carbocycles. The van der Waals surface area contributed by atoms with Gasteiger partial charge in [0.2, 0.25) is 0 Å². The number of hydrogen-bond donors (Lipinski definition) is 2. The number of hydrogen-bond acceptors (Lipinski definition) is 2. The van der Waals surface area contributed by atoms with Gasteiger partial charge in [0.05, 0.1) is 6.54 Å². The van der Waals surface area contributed by atoms with Crippen molar-refractivity contribution in [3.05, 3.63) is 12.3 Å². The third-order valence-electron chi connectivity index (χ3n) is 0.887. The van der Waals surface area contributed by atoms with E-state index in [9.17, 15) is 0 Å². The summed E-state index contributed by atoms with van der Waals surface area (Å²) in [5.41, 5.74) is 6.16. The van der Waals surface area contributed by atoms with Crippen molar-refractivity contribution in [2.75, 3.05) is 13.1 Å². The van der Waals surface area contributed by atoms with E-state index < -0.39 is 0 Å². The fourth-order valence-corrected chi connectivity index (χ4v) is 0.439. The second-order valence-corrected chi connectivity index (χ2v) is 1.70. The van der Waals surface area contributed by atoms with E-state index >= 15 is 0 Å². The predicted octanol–water partition coefficient (Wildman–Crippen LogP) is 0.0717. The van der Waals surface area contributed by atoms with Crippen LogP contribution in [0.2, 0.25) is 0 Å². The van der Waals surface area contributed by atoms with Crippen LogP contribution in [0.1, 0.15) is 6.42 Å². The Kier molecular flexibility index (Phi) is 4.66. The minimum absolute atomic E-state index is 0.541. The minimum Gasteiger partial charge on any atom is -0.378 e. The van der Waals surface area contributed by atoms with E-state index in [-0.39, 0.29) is 0 Å². The van der Waals surface area contributed by atoms with Gasteiger partial charge in [-0.1, -0.05) is 12.5 Å². The Morgan fingerprint density at radius 2 is 2.44 bits per heavy atom. The van der Waals surface area contributed by atoms with Crippen LogP contribution in [0.4, 0.5) is 0 Å². The lowest BCUT2D eigenvalue weighted by Gasteiger charge is -2.02. The van der Waals surface area contributed by atoms with Crippen LogP contribution in [-0.2, 0) is 0 Å². The average molecular weight is 124 g/mol. The van der Waals surface area contributed by atoms with Crippen molar-refractivity contribution in [3.63, 3.8) is 0 Å². The quantitative estimate of drug-likeness (QED) is 0.520. The molecule has 3 N–H and O–H groups in total. The molecule has 0 bridgehead atoms. The molecule has 0 heterocycles. The Hall–Kier alpha value is -0.940. The highest BCUT2D eigenvalue weighted by Gasteiger charge is 1.86. The smallest absolute Gasteiger partial charge is 0.0760 e. The second-order valence-electron chi connectivity index (χ2n) is 1.70. The summed E-state index contributed by atoms with van der Waals surface area (Å²) in [6.07, 6.45) is 5.78. The Morgan fingerprint density at radius 1 is 1.78 bits per heavy atom. The number of nitrogens with two attached hydrogens (primary N) is 1. The van der Waals surface area contributed by atoms with Crippen LogP contribution in [-0.4, -0.2) is 13.1 Å². The van der Waals surface area contributed by atoms with E-state index in [0.29, 0.717) is 13.1 Å². The molecule has 0 spiro atoms. The van der Waals surface area contributed by atoms with Gasteiger partial charge in [-0.15, -0.1) is 6.42 Å². The second kappa shape index (κ2) is 5.20. The first-order valence-electron chi connectivity index (χ1n) is 2.86. The highest BCUT2D eigenvalue weighted by molar-refractivity contribution is 4.97. The normalized spacial score (nSPS) is 8.00. The molecule has 0 aromatic carbocycles. The summed E-state index contributed by atoms with van der Waals surface area (Å²) in [5.74, 6) is 2.44. The third-order valence-corrected chi connectivity index (χ3v) is 0.887. The van der Waals surface area contributed by atoms with Crippen molar-refractivity contribution in [1.29, 1.82) is 0 Å². The van der Waals surface area contributed by atoms with Crippen LogP contribution in [0.3, 0.4) is 0 Å². The molecule has 0 radical (unpaired) electrons. The molecular weight excluding hydrogens is 112 g/mol. The summed E-state index contributed by atoms with van der Waals surface area (Å²) in [5, 5.41) is 2.92. The summed E-state index contributed by atoms with van der Waals surface area (Å²) in [7, 11) is 0. The third kappa shape index (κ3) is 4.92. The monoisotopic (exact) mass is 124 g/mol. The Labute approximate surface area is 56.1 Å². The van der Waals surface area contributed by atoms with Gasteiger partial charge in [-0.2, -0.15) is 0 Å². The van der Waals surface area contributed by atoms with Crippen LogP contribution in [0.15, 0.2) is 12.3 Å². The fraction of sp³-hybridized carbons (Fsp3) is 0.429. The molecule has 2 nitrogen and oxygen atoms in total. The van der Waals surface area contributed by atoms with Gasteiger partial charge in [0.1, 0.15) is 0 Å². The molecule has 0 aromatic rings. The van der Waals surface area contributed by atoms with Crippen molar-refractivity contribution in [3.8, 4) is 12.3 Å². The molecule has 0 aliphatic carbocycles. The highest BCUT2D eigenvalue weighted by atomic mass is 14.9. The first-order chi connectivity index (χ1) is 4.31. The van der Waals surface area contributed by atoms with Gasteiger partial charge >= 0.3 is 0 Å². The van der Waals surface area contributed by atoms with E-state index in [1.165, 1.54) is 0 Å². The van der Waals surface area contributed by atoms with Gasteiger partial charge in [0, 0.05) is 5.70 Å². The maximum absolute atomic E-state index is 5.25. The van der Waals surface area contributed by atoms with E-state index in [1.807, 2.05) is 0 Å². The molecule has 0 aromatic heterocycles. The number of terminal acetylenes is 1. The van der Waals surface area contributed by atoms with Gasteiger partial charge in [-0.05, 0) is 13.0 Å². The zero-order chi connectivity index (χ0) is 7.11. The molecule has 0 amide bonds.